The van der Waals surface area contributed by atoms with Crippen LogP contribution in [0.2, 0.25) is 0 Å². The summed E-state index contributed by atoms with van der Waals surface area (Å²) >= 11 is 0. The van der Waals surface area contributed by atoms with Gasteiger partial charge in [-0.25, -0.2) is 4.98 Å². The number of furan rings is 1. The molecule has 7 nitrogen and oxygen atoms in total. The molecule has 7 heteroatoms. The van der Waals surface area contributed by atoms with Gasteiger partial charge in [-0.3, -0.25) is 4.98 Å². The molecule has 2 N–H and O–H groups in total. The maximum Gasteiger partial charge on any atom is 0.219 e. The van der Waals surface area contributed by atoms with E-state index in [-0.39, 0.29) is 6.61 Å². The SMILES string of the molecule is OCCNc1nc(-c2ccco2)nnc1-c1ccncc1. The van der Waals surface area contributed by atoms with E-state index in [1.54, 1.807) is 30.8 Å². The highest BCUT2D eigenvalue weighted by molar-refractivity contribution is 5.71. The number of nitrogens with one attached hydrogen (secondary N) is 1. The van der Waals surface area contributed by atoms with Crippen LogP contribution in [0.1, 0.15) is 0 Å². The van der Waals surface area contributed by atoms with Crippen LogP contribution in [0.15, 0.2) is 47.3 Å². The first kappa shape index (κ1) is 13.2. The number of anilines is 1. The van der Waals surface area contributed by atoms with E-state index < -0.39 is 0 Å². The van der Waals surface area contributed by atoms with Crippen molar-refractivity contribution in [2.75, 3.05) is 18.5 Å². The summed E-state index contributed by atoms with van der Waals surface area (Å²) in [5.41, 5.74) is 1.44. The Morgan fingerprint density at radius 3 is 2.71 bits per heavy atom. The van der Waals surface area contributed by atoms with Crippen molar-refractivity contribution >= 4 is 5.82 Å². The van der Waals surface area contributed by atoms with E-state index in [1.165, 1.54) is 0 Å². The molecule has 0 amide bonds. The largest absolute Gasteiger partial charge is 0.461 e. The van der Waals surface area contributed by atoms with Crippen LogP contribution in [0.3, 0.4) is 0 Å². The summed E-state index contributed by atoms with van der Waals surface area (Å²) in [4.78, 5) is 8.40. The average molecular weight is 283 g/mol. The summed E-state index contributed by atoms with van der Waals surface area (Å²) in [6.07, 6.45) is 4.90. The fourth-order valence-electron chi connectivity index (χ4n) is 1.84. The summed E-state index contributed by atoms with van der Waals surface area (Å²) in [5, 5.41) is 20.3. The summed E-state index contributed by atoms with van der Waals surface area (Å²) in [7, 11) is 0. The van der Waals surface area contributed by atoms with Gasteiger partial charge in [0.15, 0.2) is 11.6 Å². The van der Waals surface area contributed by atoms with Crippen molar-refractivity contribution in [3.05, 3.63) is 42.9 Å². The van der Waals surface area contributed by atoms with E-state index in [1.807, 2.05) is 12.1 Å². The van der Waals surface area contributed by atoms with E-state index >= 15 is 0 Å². The molecule has 0 atom stereocenters. The second kappa shape index (κ2) is 6.10. The van der Waals surface area contributed by atoms with Crippen molar-refractivity contribution in [2.45, 2.75) is 0 Å². The first-order valence-electron chi connectivity index (χ1n) is 6.42. The zero-order valence-electron chi connectivity index (χ0n) is 11.1. The first-order chi connectivity index (χ1) is 10.4. The molecule has 0 spiro atoms. The van der Waals surface area contributed by atoms with Crippen LogP contribution in [-0.2, 0) is 0 Å². The van der Waals surface area contributed by atoms with Crippen molar-refractivity contribution in [1.29, 1.82) is 0 Å². The van der Waals surface area contributed by atoms with Crippen LogP contribution < -0.4 is 5.32 Å². The van der Waals surface area contributed by atoms with Crippen LogP contribution in [-0.4, -0.2) is 38.4 Å². The van der Waals surface area contributed by atoms with Gasteiger partial charge in [0.25, 0.3) is 0 Å². The van der Waals surface area contributed by atoms with Crippen molar-refractivity contribution < 1.29 is 9.52 Å². The molecule has 106 valence electrons. The number of nitrogens with zero attached hydrogens (tertiary/aromatic N) is 4. The van der Waals surface area contributed by atoms with Crippen molar-refractivity contribution in [3.8, 4) is 22.8 Å². The number of aliphatic hydroxyl groups is 1. The molecule has 0 saturated heterocycles. The third-order valence-electron chi connectivity index (χ3n) is 2.79. The highest BCUT2D eigenvalue weighted by atomic mass is 16.3. The van der Waals surface area contributed by atoms with Crippen LogP contribution in [0.25, 0.3) is 22.8 Å². The molecule has 0 aliphatic heterocycles. The molecule has 3 rings (SSSR count). The normalized spacial score (nSPS) is 10.5. The highest BCUT2D eigenvalue weighted by Gasteiger charge is 2.13. The number of rotatable bonds is 5. The lowest BCUT2D eigenvalue weighted by Gasteiger charge is -2.09. The fourth-order valence-corrected chi connectivity index (χ4v) is 1.84. The minimum absolute atomic E-state index is 0.00409. The van der Waals surface area contributed by atoms with Gasteiger partial charge in [-0.1, -0.05) is 0 Å². The lowest BCUT2D eigenvalue weighted by Crippen LogP contribution is -2.10. The molecule has 0 radical (unpaired) electrons. The van der Waals surface area contributed by atoms with Gasteiger partial charge in [0.05, 0.1) is 12.9 Å². The molecular formula is C14H13N5O2. The Balaban J connectivity index is 2.03. The topological polar surface area (TPSA) is 97.0 Å². The number of hydrogen-bond acceptors (Lipinski definition) is 7. The van der Waals surface area contributed by atoms with Gasteiger partial charge in [-0.2, -0.15) is 0 Å². The second-order valence-electron chi connectivity index (χ2n) is 4.20. The number of aromatic nitrogens is 4. The average Bonchev–Trinajstić information content (AvgIpc) is 3.08. The molecule has 3 aromatic heterocycles. The van der Waals surface area contributed by atoms with Gasteiger partial charge in [0.2, 0.25) is 5.82 Å². The summed E-state index contributed by atoms with van der Waals surface area (Å²) in [5.74, 6) is 1.46. The van der Waals surface area contributed by atoms with Gasteiger partial charge in [0.1, 0.15) is 5.69 Å². The number of hydrogen-bond donors (Lipinski definition) is 2. The van der Waals surface area contributed by atoms with E-state index in [0.717, 1.165) is 5.56 Å². The predicted molar refractivity (Wildman–Crippen MR) is 76.3 cm³/mol. The molecule has 0 aliphatic rings. The quantitative estimate of drug-likeness (QED) is 0.734. The van der Waals surface area contributed by atoms with Gasteiger partial charge >= 0.3 is 0 Å². The standard InChI is InChI=1S/C14H13N5O2/c20-8-7-16-14-12(10-3-5-15-6-4-10)18-19-13(17-14)11-2-1-9-21-11/h1-6,9,20H,7-8H2,(H,16,17,19). The van der Waals surface area contributed by atoms with E-state index in [2.05, 4.69) is 25.5 Å². The molecule has 21 heavy (non-hydrogen) atoms. The maximum absolute atomic E-state index is 8.99. The zero-order chi connectivity index (χ0) is 14.5. The van der Waals surface area contributed by atoms with Gasteiger partial charge < -0.3 is 14.8 Å². The van der Waals surface area contributed by atoms with E-state index in [4.69, 9.17) is 9.52 Å². The Labute approximate surface area is 120 Å². The molecule has 0 saturated carbocycles. The Hall–Kier alpha value is -2.80. The summed E-state index contributed by atoms with van der Waals surface area (Å²) < 4.78 is 5.27. The number of pyridine rings is 1. The van der Waals surface area contributed by atoms with Crippen LogP contribution in [0, 0.1) is 0 Å². The Bertz CT molecular complexity index is 701. The molecular weight excluding hydrogens is 270 g/mol. The number of aliphatic hydroxyl groups excluding tert-OH is 1. The predicted octanol–water partition coefficient (Wildman–Crippen LogP) is 1.60. The first-order valence-corrected chi connectivity index (χ1v) is 6.42. The molecule has 0 unspecified atom stereocenters. The Kier molecular flexibility index (Phi) is 3.83. The smallest absolute Gasteiger partial charge is 0.219 e. The molecule has 0 aromatic carbocycles. The lowest BCUT2D eigenvalue weighted by molar-refractivity contribution is 0.311. The van der Waals surface area contributed by atoms with E-state index in [9.17, 15) is 0 Å². The summed E-state index contributed by atoms with van der Waals surface area (Å²) in [6, 6.07) is 7.17. The second-order valence-corrected chi connectivity index (χ2v) is 4.20. The Morgan fingerprint density at radius 1 is 1.14 bits per heavy atom. The summed E-state index contributed by atoms with van der Waals surface area (Å²) in [6.45, 7) is 0.365. The van der Waals surface area contributed by atoms with Gasteiger partial charge in [0, 0.05) is 24.5 Å². The van der Waals surface area contributed by atoms with Gasteiger partial charge in [-0.05, 0) is 24.3 Å². The fraction of sp³-hybridized carbons (Fsp3) is 0.143. The molecule has 0 aliphatic carbocycles. The van der Waals surface area contributed by atoms with Crippen LogP contribution >= 0.6 is 0 Å². The van der Waals surface area contributed by atoms with Crippen molar-refractivity contribution in [3.63, 3.8) is 0 Å². The third kappa shape index (κ3) is 2.87. The molecule has 3 heterocycles. The zero-order valence-corrected chi connectivity index (χ0v) is 11.1. The maximum atomic E-state index is 8.99. The third-order valence-corrected chi connectivity index (χ3v) is 2.79. The molecule has 3 aromatic rings. The van der Waals surface area contributed by atoms with Crippen molar-refractivity contribution in [2.24, 2.45) is 0 Å². The Morgan fingerprint density at radius 2 is 2.00 bits per heavy atom. The lowest BCUT2D eigenvalue weighted by atomic mass is 10.2. The van der Waals surface area contributed by atoms with E-state index in [0.29, 0.717) is 29.6 Å². The minimum atomic E-state index is -0.00409. The molecule has 0 fully saturated rings. The molecule has 0 bridgehead atoms. The van der Waals surface area contributed by atoms with Crippen LogP contribution in [0.4, 0.5) is 5.82 Å². The highest BCUT2D eigenvalue weighted by Crippen LogP contribution is 2.25. The van der Waals surface area contributed by atoms with Gasteiger partial charge in [-0.15, -0.1) is 10.2 Å². The minimum Gasteiger partial charge on any atom is -0.461 e. The van der Waals surface area contributed by atoms with Crippen molar-refractivity contribution in [1.82, 2.24) is 20.2 Å². The monoisotopic (exact) mass is 283 g/mol. The van der Waals surface area contributed by atoms with Crippen LogP contribution in [0.5, 0.6) is 0 Å².